The summed E-state index contributed by atoms with van der Waals surface area (Å²) in [4.78, 5) is 31.6. The number of nitrogens with zero attached hydrogens (tertiary/aromatic N) is 2. The Bertz CT molecular complexity index is 871. The summed E-state index contributed by atoms with van der Waals surface area (Å²) in [7, 11) is 0. The Balaban J connectivity index is 1.26. The number of allylic oxidation sites excluding steroid dienone is 1. The average Bonchev–Trinajstić information content (AvgIpc) is 3.39. The van der Waals surface area contributed by atoms with E-state index in [0.717, 1.165) is 47.5 Å². The molecule has 0 unspecified atom stereocenters. The summed E-state index contributed by atoms with van der Waals surface area (Å²) in [5, 5.41) is 3.99. The maximum atomic E-state index is 12.8. The van der Waals surface area contributed by atoms with Gasteiger partial charge in [-0.15, -0.1) is 11.3 Å². The molecular formula is C23H29N3O2S. The van der Waals surface area contributed by atoms with Crippen molar-refractivity contribution >= 4 is 33.4 Å². The molecule has 5 nitrogen and oxygen atoms in total. The number of thiazole rings is 1. The zero-order valence-electron chi connectivity index (χ0n) is 16.9. The number of aromatic nitrogens is 1. The lowest BCUT2D eigenvalue weighted by Gasteiger charge is -2.23. The van der Waals surface area contributed by atoms with Crippen molar-refractivity contribution in [2.45, 2.75) is 63.8 Å². The fourth-order valence-corrected chi connectivity index (χ4v) is 5.42. The van der Waals surface area contributed by atoms with E-state index < -0.39 is 0 Å². The van der Waals surface area contributed by atoms with Gasteiger partial charge in [0.25, 0.3) is 0 Å². The first-order valence-corrected chi connectivity index (χ1v) is 11.6. The number of hydrogen-bond donors (Lipinski definition) is 1. The van der Waals surface area contributed by atoms with Crippen LogP contribution in [0.15, 0.2) is 35.9 Å². The van der Waals surface area contributed by atoms with Crippen molar-refractivity contribution in [3.05, 3.63) is 40.9 Å². The maximum Gasteiger partial charge on any atom is 0.223 e. The molecule has 154 valence electrons. The molecule has 0 saturated carbocycles. The van der Waals surface area contributed by atoms with Crippen LogP contribution in [0.5, 0.6) is 0 Å². The fourth-order valence-electron chi connectivity index (χ4n) is 4.30. The second-order valence-corrected chi connectivity index (χ2v) is 9.04. The molecule has 0 bridgehead atoms. The molecule has 4 rings (SSSR count). The van der Waals surface area contributed by atoms with Gasteiger partial charge in [0.1, 0.15) is 5.01 Å². The Labute approximate surface area is 176 Å². The molecule has 1 aromatic heterocycles. The van der Waals surface area contributed by atoms with Crippen molar-refractivity contribution in [1.29, 1.82) is 0 Å². The molecule has 2 aromatic rings. The number of benzene rings is 1. The highest BCUT2D eigenvalue weighted by atomic mass is 32.1. The minimum atomic E-state index is -0.0227. The van der Waals surface area contributed by atoms with Crippen molar-refractivity contribution in [2.24, 2.45) is 0 Å². The number of hydrogen-bond acceptors (Lipinski definition) is 4. The molecule has 6 heteroatoms. The van der Waals surface area contributed by atoms with Crippen molar-refractivity contribution in [1.82, 2.24) is 15.2 Å². The van der Waals surface area contributed by atoms with Crippen LogP contribution in [-0.2, 0) is 9.59 Å². The monoisotopic (exact) mass is 411 g/mol. The summed E-state index contributed by atoms with van der Waals surface area (Å²) in [5.74, 6) is 0.0439. The van der Waals surface area contributed by atoms with E-state index in [9.17, 15) is 9.59 Å². The highest BCUT2D eigenvalue weighted by Crippen LogP contribution is 2.36. The first-order valence-electron chi connectivity index (χ1n) is 10.8. The third-order valence-electron chi connectivity index (χ3n) is 5.89. The molecular weight excluding hydrogens is 382 g/mol. The van der Waals surface area contributed by atoms with Gasteiger partial charge in [-0.25, -0.2) is 4.98 Å². The molecule has 0 radical (unpaired) electrons. The van der Waals surface area contributed by atoms with Gasteiger partial charge in [-0.05, 0) is 57.1 Å². The van der Waals surface area contributed by atoms with Crippen LogP contribution in [0, 0.1) is 0 Å². The van der Waals surface area contributed by atoms with Gasteiger partial charge in [-0.1, -0.05) is 23.8 Å². The van der Waals surface area contributed by atoms with E-state index >= 15 is 0 Å². The van der Waals surface area contributed by atoms with Crippen LogP contribution in [0.4, 0.5) is 0 Å². The molecule has 2 heterocycles. The molecule has 1 aliphatic carbocycles. The molecule has 1 fully saturated rings. The Morgan fingerprint density at radius 3 is 2.90 bits per heavy atom. The Morgan fingerprint density at radius 1 is 1.17 bits per heavy atom. The normalized spacial score (nSPS) is 19.4. The van der Waals surface area contributed by atoms with Crippen LogP contribution >= 0.6 is 11.3 Å². The second-order valence-electron chi connectivity index (χ2n) is 7.97. The number of likely N-dealkylation sites (tertiary alicyclic amines) is 1. The minimum absolute atomic E-state index is 0.0227. The van der Waals surface area contributed by atoms with Crippen molar-refractivity contribution < 1.29 is 9.59 Å². The van der Waals surface area contributed by atoms with E-state index in [2.05, 4.69) is 17.5 Å². The van der Waals surface area contributed by atoms with Crippen LogP contribution < -0.4 is 5.32 Å². The van der Waals surface area contributed by atoms with Crippen LogP contribution in [0.2, 0.25) is 0 Å². The fraction of sp³-hybridized carbons (Fsp3) is 0.522. The topological polar surface area (TPSA) is 62.3 Å². The summed E-state index contributed by atoms with van der Waals surface area (Å²) >= 11 is 1.68. The van der Waals surface area contributed by atoms with Gasteiger partial charge in [0.05, 0.1) is 16.3 Å². The number of para-hydroxylation sites is 1. The van der Waals surface area contributed by atoms with E-state index in [1.54, 1.807) is 11.3 Å². The second kappa shape index (κ2) is 9.53. The van der Waals surface area contributed by atoms with Crippen molar-refractivity contribution in [3.63, 3.8) is 0 Å². The van der Waals surface area contributed by atoms with Gasteiger partial charge in [0.15, 0.2) is 0 Å². The SMILES string of the molecule is O=C(CCC(=O)N1CCC[C@@H]1c1nc2ccccc2s1)NCCC1=CCCCC1. The van der Waals surface area contributed by atoms with Gasteiger partial charge in [-0.3, -0.25) is 9.59 Å². The van der Waals surface area contributed by atoms with Crippen molar-refractivity contribution in [2.75, 3.05) is 13.1 Å². The largest absolute Gasteiger partial charge is 0.356 e. The van der Waals surface area contributed by atoms with Gasteiger partial charge in [0, 0.05) is 25.9 Å². The third kappa shape index (κ3) is 5.04. The highest BCUT2D eigenvalue weighted by molar-refractivity contribution is 7.18. The van der Waals surface area contributed by atoms with Gasteiger partial charge in [0.2, 0.25) is 11.8 Å². The lowest BCUT2D eigenvalue weighted by molar-refractivity contribution is -0.134. The van der Waals surface area contributed by atoms with Crippen LogP contribution in [0.1, 0.15) is 68.8 Å². The summed E-state index contributed by atoms with van der Waals surface area (Å²) < 4.78 is 1.16. The molecule has 1 saturated heterocycles. The highest BCUT2D eigenvalue weighted by Gasteiger charge is 2.32. The zero-order chi connectivity index (χ0) is 20.1. The quantitative estimate of drug-likeness (QED) is 0.669. The van der Waals surface area contributed by atoms with Crippen LogP contribution in [0.3, 0.4) is 0 Å². The van der Waals surface area contributed by atoms with Crippen LogP contribution in [0.25, 0.3) is 10.2 Å². The summed E-state index contributed by atoms with van der Waals surface area (Å²) in [6.07, 6.45) is 10.6. The summed E-state index contributed by atoms with van der Waals surface area (Å²) in [6, 6.07) is 8.16. The van der Waals surface area contributed by atoms with E-state index in [1.165, 1.54) is 24.8 Å². The first-order chi connectivity index (χ1) is 14.2. The van der Waals surface area contributed by atoms with E-state index in [0.29, 0.717) is 6.54 Å². The Morgan fingerprint density at radius 2 is 2.07 bits per heavy atom. The van der Waals surface area contributed by atoms with Crippen molar-refractivity contribution in [3.8, 4) is 0 Å². The maximum absolute atomic E-state index is 12.8. The number of carbonyl (C=O) groups is 2. The molecule has 1 N–H and O–H groups in total. The number of nitrogens with one attached hydrogen (secondary N) is 1. The van der Waals surface area contributed by atoms with E-state index in [1.807, 2.05) is 23.1 Å². The Hall–Kier alpha value is -2.21. The number of carbonyl (C=O) groups excluding carboxylic acids is 2. The molecule has 2 aliphatic rings. The van der Waals surface area contributed by atoms with Gasteiger partial charge in [-0.2, -0.15) is 0 Å². The minimum Gasteiger partial charge on any atom is -0.356 e. The zero-order valence-corrected chi connectivity index (χ0v) is 17.7. The molecule has 0 spiro atoms. The average molecular weight is 412 g/mol. The van der Waals surface area contributed by atoms with Gasteiger partial charge < -0.3 is 10.2 Å². The molecule has 2 amide bonds. The lowest BCUT2D eigenvalue weighted by Crippen LogP contribution is -2.32. The lowest BCUT2D eigenvalue weighted by atomic mass is 9.97. The third-order valence-corrected chi connectivity index (χ3v) is 7.03. The number of rotatable bonds is 7. The van der Waals surface area contributed by atoms with Gasteiger partial charge >= 0.3 is 0 Å². The number of fused-ring (bicyclic) bond motifs is 1. The molecule has 1 aromatic carbocycles. The van der Waals surface area contributed by atoms with E-state index in [4.69, 9.17) is 4.98 Å². The standard InChI is InChI=1S/C23H29N3O2S/c27-21(24-15-14-17-7-2-1-3-8-17)12-13-22(28)26-16-6-10-19(26)23-25-18-9-4-5-11-20(18)29-23/h4-5,7,9,11,19H,1-3,6,8,10,12-16H2,(H,24,27)/t19-/m1/s1. The molecule has 1 aliphatic heterocycles. The summed E-state index contributed by atoms with van der Waals surface area (Å²) in [6.45, 7) is 1.44. The first kappa shape index (κ1) is 20.1. The summed E-state index contributed by atoms with van der Waals surface area (Å²) in [5.41, 5.74) is 2.46. The number of amides is 2. The Kier molecular flexibility index (Phi) is 6.60. The predicted molar refractivity (Wildman–Crippen MR) is 117 cm³/mol. The van der Waals surface area contributed by atoms with Crippen LogP contribution in [-0.4, -0.2) is 34.8 Å². The predicted octanol–water partition coefficient (Wildman–Crippen LogP) is 4.75. The molecule has 1 atom stereocenters. The smallest absolute Gasteiger partial charge is 0.223 e. The molecule has 29 heavy (non-hydrogen) atoms. The van der Waals surface area contributed by atoms with E-state index in [-0.39, 0.29) is 30.7 Å².